The average Bonchev–Trinajstić information content (AvgIpc) is 2.18. The summed E-state index contributed by atoms with van der Waals surface area (Å²) < 4.78 is 5.08. The fraction of sp³-hybridized carbons (Fsp3) is 0.750. The quantitative estimate of drug-likeness (QED) is 0.526. The molecule has 0 amide bonds. The van der Waals surface area contributed by atoms with Gasteiger partial charge in [0.25, 0.3) is 0 Å². The standard InChI is InChI=1S/C12H21NO2/c1-4-15-12(14)11-7-5-6-8-13(11)9-10(2)3/h11H,2,4-9H2,1,3H3. The number of rotatable bonds is 4. The maximum absolute atomic E-state index is 11.7. The number of piperidine rings is 1. The van der Waals surface area contributed by atoms with Crippen LogP contribution in [0.5, 0.6) is 0 Å². The first-order valence-corrected chi connectivity index (χ1v) is 5.70. The molecule has 0 N–H and O–H groups in total. The Morgan fingerprint density at radius 2 is 2.27 bits per heavy atom. The van der Waals surface area contributed by atoms with Crippen LogP contribution >= 0.6 is 0 Å². The Morgan fingerprint density at radius 3 is 2.87 bits per heavy atom. The van der Waals surface area contributed by atoms with Crippen LogP contribution in [0.15, 0.2) is 12.2 Å². The molecule has 1 fully saturated rings. The number of likely N-dealkylation sites (tertiary alicyclic amines) is 1. The zero-order valence-electron chi connectivity index (χ0n) is 9.79. The van der Waals surface area contributed by atoms with Gasteiger partial charge in [0.1, 0.15) is 6.04 Å². The smallest absolute Gasteiger partial charge is 0.323 e. The molecular formula is C12H21NO2. The number of carbonyl (C=O) groups is 1. The highest BCUT2D eigenvalue weighted by Crippen LogP contribution is 2.18. The van der Waals surface area contributed by atoms with Crippen molar-refractivity contribution in [3.05, 3.63) is 12.2 Å². The van der Waals surface area contributed by atoms with Crippen molar-refractivity contribution in [1.29, 1.82) is 0 Å². The molecule has 1 saturated heterocycles. The van der Waals surface area contributed by atoms with E-state index in [1.54, 1.807) is 0 Å². The lowest BCUT2D eigenvalue weighted by Gasteiger charge is -2.33. The van der Waals surface area contributed by atoms with Crippen LogP contribution < -0.4 is 0 Å². The molecule has 1 aliphatic rings. The average molecular weight is 211 g/mol. The third kappa shape index (κ3) is 3.67. The van der Waals surface area contributed by atoms with Crippen molar-refractivity contribution >= 4 is 5.97 Å². The largest absolute Gasteiger partial charge is 0.465 e. The van der Waals surface area contributed by atoms with Crippen molar-refractivity contribution in [3.8, 4) is 0 Å². The Balaban J connectivity index is 2.56. The summed E-state index contributed by atoms with van der Waals surface area (Å²) in [6, 6.07) is -0.0459. The first-order valence-electron chi connectivity index (χ1n) is 5.70. The summed E-state index contributed by atoms with van der Waals surface area (Å²) in [6.07, 6.45) is 3.21. The van der Waals surface area contributed by atoms with Crippen LogP contribution in [0.3, 0.4) is 0 Å². The zero-order chi connectivity index (χ0) is 11.3. The van der Waals surface area contributed by atoms with Crippen molar-refractivity contribution in [3.63, 3.8) is 0 Å². The number of ether oxygens (including phenoxy) is 1. The van der Waals surface area contributed by atoms with E-state index in [1.807, 2.05) is 13.8 Å². The minimum atomic E-state index is -0.0709. The predicted octanol–water partition coefficient (Wildman–Crippen LogP) is 1.98. The van der Waals surface area contributed by atoms with E-state index in [9.17, 15) is 4.79 Å². The van der Waals surface area contributed by atoms with Crippen LogP contribution in [0.2, 0.25) is 0 Å². The second-order valence-corrected chi connectivity index (χ2v) is 4.19. The van der Waals surface area contributed by atoms with E-state index in [-0.39, 0.29) is 12.0 Å². The molecular weight excluding hydrogens is 190 g/mol. The molecule has 0 saturated carbocycles. The SMILES string of the molecule is C=C(C)CN1CCCCC1C(=O)OCC. The van der Waals surface area contributed by atoms with Crippen LogP contribution in [0.4, 0.5) is 0 Å². The van der Waals surface area contributed by atoms with Crippen LogP contribution in [0.1, 0.15) is 33.1 Å². The van der Waals surface area contributed by atoms with Crippen LogP contribution in [0, 0.1) is 0 Å². The van der Waals surface area contributed by atoms with Crippen molar-refractivity contribution in [2.45, 2.75) is 39.2 Å². The summed E-state index contributed by atoms with van der Waals surface area (Å²) in [4.78, 5) is 13.9. The minimum Gasteiger partial charge on any atom is -0.465 e. The highest BCUT2D eigenvalue weighted by Gasteiger charge is 2.29. The molecule has 15 heavy (non-hydrogen) atoms. The zero-order valence-corrected chi connectivity index (χ0v) is 9.79. The van der Waals surface area contributed by atoms with E-state index in [0.29, 0.717) is 6.61 Å². The number of carbonyl (C=O) groups excluding carboxylic acids is 1. The number of hydrogen-bond acceptors (Lipinski definition) is 3. The van der Waals surface area contributed by atoms with Gasteiger partial charge in [0.15, 0.2) is 0 Å². The summed E-state index contributed by atoms with van der Waals surface area (Å²) in [5, 5.41) is 0. The lowest BCUT2D eigenvalue weighted by atomic mass is 10.0. The molecule has 0 bridgehead atoms. The summed E-state index contributed by atoms with van der Waals surface area (Å²) >= 11 is 0. The minimum absolute atomic E-state index is 0.0459. The molecule has 1 unspecified atom stereocenters. The number of hydrogen-bond donors (Lipinski definition) is 0. The molecule has 0 radical (unpaired) electrons. The molecule has 86 valence electrons. The van der Waals surface area contributed by atoms with Gasteiger partial charge >= 0.3 is 5.97 Å². The summed E-state index contributed by atoms with van der Waals surface area (Å²) in [5.74, 6) is -0.0709. The highest BCUT2D eigenvalue weighted by molar-refractivity contribution is 5.75. The van der Waals surface area contributed by atoms with Gasteiger partial charge in [-0.05, 0) is 33.2 Å². The number of nitrogens with zero attached hydrogens (tertiary/aromatic N) is 1. The van der Waals surface area contributed by atoms with E-state index < -0.39 is 0 Å². The predicted molar refractivity (Wildman–Crippen MR) is 60.7 cm³/mol. The van der Waals surface area contributed by atoms with Crippen molar-refractivity contribution in [2.24, 2.45) is 0 Å². The number of esters is 1. The molecule has 3 nitrogen and oxygen atoms in total. The lowest BCUT2D eigenvalue weighted by molar-refractivity contribution is -0.150. The topological polar surface area (TPSA) is 29.5 Å². The Labute approximate surface area is 92.1 Å². The normalized spacial score (nSPS) is 22.4. The van der Waals surface area contributed by atoms with Gasteiger partial charge in [-0.25, -0.2) is 0 Å². The van der Waals surface area contributed by atoms with E-state index in [0.717, 1.165) is 31.5 Å². The van der Waals surface area contributed by atoms with E-state index in [4.69, 9.17) is 4.74 Å². The molecule has 1 atom stereocenters. The maximum atomic E-state index is 11.7. The molecule has 0 aromatic carbocycles. The maximum Gasteiger partial charge on any atom is 0.323 e. The second-order valence-electron chi connectivity index (χ2n) is 4.19. The van der Waals surface area contributed by atoms with Gasteiger partial charge < -0.3 is 4.74 Å². The highest BCUT2D eigenvalue weighted by atomic mass is 16.5. The van der Waals surface area contributed by atoms with E-state index in [2.05, 4.69) is 11.5 Å². The molecule has 1 rings (SSSR count). The molecule has 0 aliphatic carbocycles. The first kappa shape index (κ1) is 12.2. The van der Waals surface area contributed by atoms with Crippen molar-refractivity contribution < 1.29 is 9.53 Å². The molecule has 1 heterocycles. The third-order valence-corrected chi connectivity index (χ3v) is 2.65. The second kappa shape index (κ2) is 5.91. The van der Waals surface area contributed by atoms with Gasteiger partial charge in [-0.2, -0.15) is 0 Å². The van der Waals surface area contributed by atoms with Crippen LogP contribution in [-0.2, 0) is 9.53 Å². The van der Waals surface area contributed by atoms with E-state index >= 15 is 0 Å². The summed E-state index contributed by atoms with van der Waals surface area (Å²) in [5.41, 5.74) is 1.10. The monoisotopic (exact) mass is 211 g/mol. The van der Waals surface area contributed by atoms with Gasteiger partial charge in [-0.1, -0.05) is 18.6 Å². The fourth-order valence-electron chi connectivity index (χ4n) is 2.03. The summed E-state index contributed by atoms with van der Waals surface area (Å²) in [7, 11) is 0. The Hall–Kier alpha value is -0.830. The lowest BCUT2D eigenvalue weighted by Crippen LogP contribution is -2.46. The summed E-state index contributed by atoms with van der Waals surface area (Å²) in [6.45, 7) is 10.0. The molecule has 0 spiro atoms. The Bertz CT molecular complexity index is 238. The van der Waals surface area contributed by atoms with Gasteiger partial charge in [-0.15, -0.1) is 0 Å². The Kier molecular flexibility index (Phi) is 4.82. The molecule has 0 aromatic heterocycles. The first-order chi connectivity index (χ1) is 7.15. The van der Waals surface area contributed by atoms with Gasteiger partial charge in [0.2, 0.25) is 0 Å². The van der Waals surface area contributed by atoms with Crippen molar-refractivity contribution in [2.75, 3.05) is 19.7 Å². The van der Waals surface area contributed by atoms with Gasteiger partial charge in [0, 0.05) is 6.54 Å². The van der Waals surface area contributed by atoms with Gasteiger partial charge in [-0.3, -0.25) is 9.69 Å². The van der Waals surface area contributed by atoms with E-state index in [1.165, 1.54) is 6.42 Å². The fourth-order valence-corrected chi connectivity index (χ4v) is 2.03. The Morgan fingerprint density at radius 1 is 1.53 bits per heavy atom. The van der Waals surface area contributed by atoms with Gasteiger partial charge in [0.05, 0.1) is 6.61 Å². The van der Waals surface area contributed by atoms with Crippen molar-refractivity contribution in [1.82, 2.24) is 4.90 Å². The third-order valence-electron chi connectivity index (χ3n) is 2.65. The molecule has 0 aromatic rings. The molecule has 3 heteroatoms. The molecule has 1 aliphatic heterocycles. The van der Waals surface area contributed by atoms with Crippen LogP contribution in [0.25, 0.3) is 0 Å². The van der Waals surface area contributed by atoms with Crippen LogP contribution in [-0.4, -0.2) is 36.6 Å².